The van der Waals surface area contributed by atoms with Crippen molar-refractivity contribution < 1.29 is 23.7 Å². The number of carbonyl (C=O) groups is 3. The van der Waals surface area contributed by atoms with Crippen molar-refractivity contribution in [1.29, 1.82) is 0 Å². The van der Waals surface area contributed by atoms with Gasteiger partial charge in [0.1, 0.15) is 11.1 Å². The van der Waals surface area contributed by atoms with E-state index in [1.807, 2.05) is 36.4 Å². The molecule has 2 heterocycles. The Morgan fingerprint density at radius 1 is 0.921 bits per heavy atom. The van der Waals surface area contributed by atoms with Crippen LogP contribution in [0.1, 0.15) is 27.1 Å². The molecule has 1 aromatic heterocycles. The number of fused-ring (bicyclic) bond motifs is 4. The maximum absolute atomic E-state index is 12.8. The van der Waals surface area contributed by atoms with Gasteiger partial charge < -0.3 is 9.73 Å². The van der Waals surface area contributed by atoms with E-state index in [9.17, 15) is 24.5 Å². The first kappa shape index (κ1) is 23.0. The van der Waals surface area contributed by atoms with Crippen LogP contribution in [0.25, 0.3) is 33.3 Å². The molecule has 4 aromatic carbocycles. The summed E-state index contributed by atoms with van der Waals surface area (Å²) in [6.45, 7) is -0.230. The topological polar surface area (TPSA) is 136 Å². The highest BCUT2D eigenvalue weighted by atomic mass is 16.6. The molecule has 0 saturated carbocycles. The highest BCUT2D eigenvalue weighted by molar-refractivity contribution is 6.23. The van der Waals surface area contributed by atoms with Crippen LogP contribution in [0.3, 0.4) is 0 Å². The Balaban J connectivity index is 1.22. The van der Waals surface area contributed by atoms with Gasteiger partial charge in [-0.2, -0.15) is 0 Å². The van der Waals surface area contributed by atoms with Gasteiger partial charge in [0, 0.05) is 24.4 Å². The smallest absolute Gasteiger partial charge is 0.282 e. The second kappa shape index (κ2) is 8.93. The highest BCUT2D eigenvalue weighted by Gasteiger charge is 2.40. The summed E-state index contributed by atoms with van der Waals surface area (Å²) in [6, 6.07) is 22.5. The summed E-state index contributed by atoms with van der Waals surface area (Å²) < 4.78 is 6.11. The quantitative estimate of drug-likeness (QED) is 0.190. The SMILES string of the molecule is O=C(CCN1C(=O)c2cccc([N+](=O)[O-])c2C1=O)Nc1ccccc1-c1nc2ccc3ccccc3c2o1. The van der Waals surface area contributed by atoms with Crippen molar-refractivity contribution in [2.24, 2.45) is 0 Å². The van der Waals surface area contributed by atoms with E-state index in [4.69, 9.17) is 4.42 Å². The molecule has 0 aliphatic carbocycles. The van der Waals surface area contributed by atoms with Gasteiger partial charge in [-0.3, -0.25) is 29.4 Å². The van der Waals surface area contributed by atoms with E-state index in [0.717, 1.165) is 15.7 Å². The van der Waals surface area contributed by atoms with Gasteiger partial charge in [0.15, 0.2) is 5.58 Å². The molecule has 5 aromatic rings. The largest absolute Gasteiger partial charge is 0.435 e. The fourth-order valence-corrected chi connectivity index (χ4v) is 4.65. The number of benzene rings is 4. The summed E-state index contributed by atoms with van der Waals surface area (Å²) in [5, 5.41) is 16.0. The van der Waals surface area contributed by atoms with Gasteiger partial charge in [-0.1, -0.05) is 48.5 Å². The lowest BCUT2D eigenvalue weighted by Crippen LogP contribution is -2.33. The number of nitro groups is 1. The summed E-state index contributed by atoms with van der Waals surface area (Å²) in [5.41, 5.74) is 1.60. The van der Waals surface area contributed by atoms with Crippen LogP contribution < -0.4 is 5.32 Å². The first-order chi connectivity index (χ1) is 18.4. The summed E-state index contributed by atoms with van der Waals surface area (Å²) in [5.74, 6) is -1.57. The molecule has 1 N–H and O–H groups in total. The number of rotatable bonds is 6. The third-order valence-corrected chi connectivity index (χ3v) is 6.45. The molecule has 1 aliphatic rings. The molecule has 0 atom stereocenters. The van der Waals surface area contributed by atoms with Crippen molar-refractivity contribution in [2.75, 3.05) is 11.9 Å². The summed E-state index contributed by atoms with van der Waals surface area (Å²) >= 11 is 0. The number of hydrogen-bond donors (Lipinski definition) is 1. The van der Waals surface area contributed by atoms with Crippen LogP contribution in [0.2, 0.25) is 0 Å². The van der Waals surface area contributed by atoms with Crippen molar-refractivity contribution in [2.45, 2.75) is 6.42 Å². The zero-order chi connectivity index (χ0) is 26.4. The van der Waals surface area contributed by atoms with Gasteiger partial charge >= 0.3 is 0 Å². The van der Waals surface area contributed by atoms with Gasteiger partial charge in [0.25, 0.3) is 17.5 Å². The van der Waals surface area contributed by atoms with Gasteiger partial charge in [-0.05, 0) is 29.7 Å². The van der Waals surface area contributed by atoms with E-state index in [-0.39, 0.29) is 24.1 Å². The predicted octanol–water partition coefficient (Wildman–Crippen LogP) is 5.18. The van der Waals surface area contributed by atoms with Crippen LogP contribution in [0.4, 0.5) is 11.4 Å². The average Bonchev–Trinajstić information content (AvgIpc) is 3.47. The number of nitrogens with zero attached hydrogens (tertiary/aromatic N) is 3. The van der Waals surface area contributed by atoms with Gasteiger partial charge in [0.05, 0.1) is 21.7 Å². The number of hydrogen-bond acceptors (Lipinski definition) is 7. The van der Waals surface area contributed by atoms with E-state index in [0.29, 0.717) is 28.2 Å². The molecule has 3 amide bonds. The fourth-order valence-electron chi connectivity index (χ4n) is 4.65. The van der Waals surface area contributed by atoms with Gasteiger partial charge in [-0.15, -0.1) is 0 Å². The van der Waals surface area contributed by atoms with E-state index in [1.54, 1.807) is 24.3 Å². The third kappa shape index (κ3) is 3.75. The Bertz CT molecular complexity index is 1810. The number of nitrogens with one attached hydrogen (secondary N) is 1. The monoisotopic (exact) mass is 506 g/mol. The number of anilines is 1. The normalized spacial score (nSPS) is 12.8. The zero-order valence-electron chi connectivity index (χ0n) is 19.7. The molecule has 10 nitrogen and oxygen atoms in total. The zero-order valence-corrected chi connectivity index (χ0v) is 19.7. The molecular weight excluding hydrogens is 488 g/mol. The average molecular weight is 506 g/mol. The van der Waals surface area contributed by atoms with E-state index >= 15 is 0 Å². The molecular formula is C28H18N4O6. The van der Waals surface area contributed by atoms with Crippen molar-refractivity contribution in [3.63, 3.8) is 0 Å². The Kier molecular flexibility index (Phi) is 5.42. The Morgan fingerprint density at radius 2 is 1.68 bits per heavy atom. The van der Waals surface area contributed by atoms with Gasteiger partial charge in [0.2, 0.25) is 11.8 Å². The van der Waals surface area contributed by atoms with Crippen molar-refractivity contribution >= 4 is 51.0 Å². The first-order valence-electron chi connectivity index (χ1n) is 11.7. The van der Waals surface area contributed by atoms with Gasteiger partial charge in [-0.25, -0.2) is 4.98 Å². The van der Waals surface area contributed by atoms with E-state index in [2.05, 4.69) is 10.3 Å². The summed E-state index contributed by atoms with van der Waals surface area (Å²) in [7, 11) is 0. The number of amides is 3. The lowest BCUT2D eigenvalue weighted by atomic mass is 10.1. The maximum Gasteiger partial charge on any atom is 0.282 e. The minimum atomic E-state index is -0.788. The van der Waals surface area contributed by atoms with Crippen LogP contribution in [0, 0.1) is 10.1 Å². The second-order valence-electron chi connectivity index (χ2n) is 8.72. The molecule has 1 aliphatic heterocycles. The summed E-state index contributed by atoms with van der Waals surface area (Å²) in [4.78, 5) is 54.4. The van der Waals surface area contributed by atoms with E-state index in [1.165, 1.54) is 18.2 Å². The third-order valence-electron chi connectivity index (χ3n) is 6.45. The van der Waals surface area contributed by atoms with Crippen LogP contribution in [0.15, 0.2) is 83.3 Å². The van der Waals surface area contributed by atoms with Crippen molar-refractivity contribution in [1.82, 2.24) is 9.88 Å². The Morgan fingerprint density at radius 3 is 2.53 bits per heavy atom. The highest BCUT2D eigenvalue weighted by Crippen LogP contribution is 2.34. The fraction of sp³-hybridized carbons (Fsp3) is 0.0714. The number of oxazole rings is 1. The number of carbonyl (C=O) groups excluding carboxylic acids is 3. The summed E-state index contributed by atoms with van der Waals surface area (Å²) in [6.07, 6.45) is -0.203. The molecule has 0 saturated heterocycles. The minimum absolute atomic E-state index is 0.0431. The van der Waals surface area contributed by atoms with Crippen LogP contribution in [-0.2, 0) is 4.79 Å². The van der Waals surface area contributed by atoms with Crippen LogP contribution >= 0.6 is 0 Å². The minimum Gasteiger partial charge on any atom is -0.435 e. The van der Waals surface area contributed by atoms with Crippen molar-refractivity contribution in [3.05, 3.63) is 100 Å². The molecule has 10 heteroatoms. The molecule has 0 unspecified atom stereocenters. The van der Waals surface area contributed by atoms with Crippen molar-refractivity contribution in [3.8, 4) is 11.5 Å². The maximum atomic E-state index is 12.8. The number of nitro benzene ring substituents is 1. The standard InChI is InChI=1S/C28H18N4O6/c33-23(14-15-31-27(34)19-9-5-11-22(32(36)37)24(19)28(31)35)29-20-10-4-3-8-18(20)26-30-21-13-12-16-6-1-2-7-17(16)25(21)38-26/h1-13H,14-15H2,(H,29,33). The molecule has 0 bridgehead atoms. The molecule has 0 radical (unpaired) electrons. The second-order valence-corrected chi connectivity index (χ2v) is 8.72. The molecule has 6 rings (SSSR count). The Hall–Kier alpha value is -5.38. The first-order valence-corrected chi connectivity index (χ1v) is 11.7. The molecule has 0 spiro atoms. The van der Waals surface area contributed by atoms with Crippen LogP contribution in [0.5, 0.6) is 0 Å². The number of aromatic nitrogens is 1. The number of imide groups is 1. The molecule has 0 fully saturated rings. The molecule has 38 heavy (non-hydrogen) atoms. The predicted molar refractivity (Wildman–Crippen MR) is 139 cm³/mol. The molecule has 186 valence electrons. The Labute approximate surface area is 214 Å². The number of para-hydroxylation sites is 1. The lowest BCUT2D eigenvalue weighted by molar-refractivity contribution is -0.385. The van der Waals surface area contributed by atoms with Crippen LogP contribution in [-0.4, -0.2) is 39.1 Å². The van der Waals surface area contributed by atoms with E-state index < -0.39 is 28.3 Å². The lowest BCUT2D eigenvalue weighted by Gasteiger charge is -2.14.